The molecule has 3 N–H and O–H groups in total. The van der Waals surface area contributed by atoms with E-state index in [4.69, 9.17) is 10.5 Å². The number of anilines is 1. The van der Waals surface area contributed by atoms with Crippen molar-refractivity contribution in [1.82, 2.24) is 0 Å². The topological polar surface area (TPSA) is 64.3 Å². The number of ether oxygens (including phenoxy) is 1. The summed E-state index contributed by atoms with van der Waals surface area (Å²) in [7, 11) is 0. The summed E-state index contributed by atoms with van der Waals surface area (Å²) in [5.41, 5.74) is 5.19. The predicted molar refractivity (Wildman–Crippen MR) is 68.7 cm³/mol. The predicted octanol–water partition coefficient (Wildman–Crippen LogP) is 1.91. The first-order chi connectivity index (χ1) is 8.50. The molecule has 0 spiro atoms. The van der Waals surface area contributed by atoms with Crippen LogP contribution in [0.5, 0.6) is 0 Å². The lowest BCUT2D eigenvalue weighted by Crippen LogP contribution is -2.39. The van der Waals surface area contributed by atoms with Crippen molar-refractivity contribution in [1.29, 1.82) is 0 Å². The molecule has 1 atom stereocenters. The Labute approximate surface area is 106 Å². The van der Waals surface area contributed by atoms with Crippen LogP contribution in [0.2, 0.25) is 0 Å². The van der Waals surface area contributed by atoms with Gasteiger partial charge in [-0.3, -0.25) is 4.79 Å². The Balaban J connectivity index is 2.50. The van der Waals surface area contributed by atoms with Crippen molar-refractivity contribution in [3.8, 4) is 0 Å². The van der Waals surface area contributed by atoms with Gasteiger partial charge < -0.3 is 15.8 Å². The van der Waals surface area contributed by atoms with Crippen molar-refractivity contribution in [2.75, 3.05) is 18.5 Å². The number of amides is 1. The fraction of sp³-hybridized carbons (Fsp3) is 0.462. The molecule has 5 heteroatoms. The lowest BCUT2D eigenvalue weighted by molar-refractivity contribution is -0.126. The third kappa shape index (κ3) is 4.09. The lowest BCUT2D eigenvalue weighted by Gasteiger charge is -2.26. The molecular formula is C13H19FN2O2. The summed E-state index contributed by atoms with van der Waals surface area (Å²) in [4.78, 5) is 11.6. The van der Waals surface area contributed by atoms with Crippen molar-refractivity contribution in [2.24, 2.45) is 5.73 Å². The monoisotopic (exact) mass is 254 g/mol. The van der Waals surface area contributed by atoms with Crippen LogP contribution in [0.4, 0.5) is 10.1 Å². The second kappa shape index (κ2) is 6.47. The minimum absolute atomic E-state index is 0.143. The fourth-order valence-electron chi connectivity index (χ4n) is 1.29. The van der Waals surface area contributed by atoms with E-state index in [1.54, 1.807) is 12.1 Å². The van der Waals surface area contributed by atoms with E-state index in [-0.39, 0.29) is 12.3 Å². The average Bonchev–Trinajstić information content (AvgIpc) is 2.39. The van der Waals surface area contributed by atoms with Crippen molar-refractivity contribution in [3.63, 3.8) is 0 Å². The molecule has 1 aromatic carbocycles. The fourth-order valence-corrected chi connectivity index (χ4v) is 1.29. The molecule has 0 heterocycles. The number of carbonyl (C=O) groups excluding carboxylic acids is 1. The van der Waals surface area contributed by atoms with Crippen molar-refractivity contribution < 1.29 is 13.9 Å². The van der Waals surface area contributed by atoms with Crippen molar-refractivity contribution >= 4 is 11.6 Å². The average molecular weight is 254 g/mol. The molecule has 100 valence electrons. The molecule has 0 saturated heterocycles. The first-order valence-corrected chi connectivity index (χ1v) is 5.89. The van der Waals surface area contributed by atoms with Gasteiger partial charge in [-0.2, -0.15) is 0 Å². The van der Waals surface area contributed by atoms with Gasteiger partial charge in [-0.05, 0) is 25.5 Å². The molecule has 1 unspecified atom stereocenters. The largest absolute Gasteiger partial charge is 0.364 e. The molecule has 0 aliphatic carbocycles. The highest BCUT2D eigenvalue weighted by Gasteiger charge is 2.22. The standard InChI is InChI=1S/C13H19FN2O2/c1-3-13(2,9-15)18-8-12(17)16-11-7-5-4-6-10(11)14/h4-7H,3,8-9,15H2,1-2H3,(H,16,17). The molecule has 18 heavy (non-hydrogen) atoms. The quantitative estimate of drug-likeness (QED) is 0.815. The molecule has 0 aromatic heterocycles. The van der Waals surface area contributed by atoms with E-state index >= 15 is 0 Å². The van der Waals surface area contributed by atoms with Crippen LogP contribution in [0.25, 0.3) is 0 Å². The van der Waals surface area contributed by atoms with Crippen LogP contribution >= 0.6 is 0 Å². The highest BCUT2D eigenvalue weighted by atomic mass is 19.1. The molecule has 0 radical (unpaired) electrons. The summed E-state index contributed by atoms with van der Waals surface area (Å²) in [6, 6.07) is 5.99. The van der Waals surface area contributed by atoms with E-state index in [0.717, 1.165) is 0 Å². The van der Waals surface area contributed by atoms with Crippen LogP contribution in [0.15, 0.2) is 24.3 Å². The van der Waals surface area contributed by atoms with Gasteiger partial charge in [0.15, 0.2) is 0 Å². The Morgan fingerprint density at radius 2 is 2.17 bits per heavy atom. The lowest BCUT2D eigenvalue weighted by atomic mass is 10.0. The SMILES string of the molecule is CCC(C)(CN)OCC(=O)Nc1ccccc1F. The highest BCUT2D eigenvalue weighted by molar-refractivity contribution is 5.91. The summed E-state index contributed by atoms with van der Waals surface area (Å²) < 4.78 is 18.7. The van der Waals surface area contributed by atoms with Crippen molar-refractivity contribution in [2.45, 2.75) is 25.9 Å². The zero-order chi connectivity index (χ0) is 13.6. The van der Waals surface area contributed by atoms with Gasteiger partial charge in [0.25, 0.3) is 0 Å². The van der Waals surface area contributed by atoms with Crippen LogP contribution in [0.3, 0.4) is 0 Å². The molecule has 0 aliphatic rings. The van der Waals surface area contributed by atoms with Crippen LogP contribution in [-0.2, 0) is 9.53 Å². The number of carbonyl (C=O) groups is 1. The van der Waals surface area contributed by atoms with Crippen LogP contribution < -0.4 is 11.1 Å². The molecule has 1 rings (SSSR count). The third-order valence-electron chi connectivity index (χ3n) is 2.88. The first kappa shape index (κ1) is 14.6. The summed E-state index contributed by atoms with van der Waals surface area (Å²) in [5.74, 6) is -0.865. The van der Waals surface area contributed by atoms with Crippen LogP contribution in [0.1, 0.15) is 20.3 Å². The van der Waals surface area contributed by atoms with Crippen molar-refractivity contribution in [3.05, 3.63) is 30.1 Å². The Morgan fingerprint density at radius 1 is 1.50 bits per heavy atom. The van der Waals surface area contributed by atoms with Crippen LogP contribution in [-0.4, -0.2) is 24.7 Å². The molecule has 1 amide bonds. The molecule has 4 nitrogen and oxygen atoms in total. The Kier molecular flexibility index (Phi) is 5.25. The maximum absolute atomic E-state index is 13.3. The van der Waals surface area contributed by atoms with Gasteiger partial charge in [0, 0.05) is 6.54 Å². The summed E-state index contributed by atoms with van der Waals surface area (Å²) in [6.07, 6.45) is 0.705. The summed E-state index contributed by atoms with van der Waals surface area (Å²) in [5, 5.41) is 2.45. The smallest absolute Gasteiger partial charge is 0.250 e. The molecular weight excluding hydrogens is 235 g/mol. The highest BCUT2D eigenvalue weighted by Crippen LogP contribution is 2.14. The Hall–Kier alpha value is -1.46. The van der Waals surface area contributed by atoms with Gasteiger partial charge in [0.1, 0.15) is 12.4 Å². The van der Waals surface area contributed by atoms with Gasteiger partial charge in [0.2, 0.25) is 5.91 Å². The number of hydrogen-bond acceptors (Lipinski definition) is 3. The normalized spacial score (nSPS) is 14.0. The minimum atomic E-state index is -0.521. The number of nitrogens with two attached hydrogens (primary N) is 1. The van der Waals surface area contributed by atoms with Gasteiger partial charge >= 0.3 is 0 Å². The number of rotatable bonds is 6. The first-order valence-electron chi connectivity index (χ1n) is 5.89. The maximum atomic E-state index is 13.3. The molecule has 0 saturated carbocycles. The Morgan fingerprint density at radius 3 is 2.72 bits per heavy atom. The molecule has 1 aromatic rings. The minimum Gasteiger partial charge on any atom is -0.364 e. The van der Waals surface area contributed by atoms with E-state index in [1.807, 2.05) is 13.8 Å². The van der Waals surface area contributed by atoms with E-state index in [9.17, 15) is 9.18 Å². The maximum Gasteiger partial charge on any atom is 0.250 e. The summed E-state index contributed by atoms with van der Waals surface area (Å²) >= 11 is 0. The van der Waals surface area contributed by atoms with E-state index in [0.29, 0.717) is 13.0 Å². The van der Waals surface area contributed by atoms with E-state index < -0.39 is 17.3 Å². The second-order valence-electron chi connectivity index (χ2n) is 4.32. The van der Waals surface area contributed by atoms with Gasteiger partial charge in [-0.15, -0.1) is 0 Å². The molecule has 0 aliphatic heterocycles. The number of hydrogen-bond donors (Lipinski definition) is 2. The number of halogens is 1. The molecule has 0 fully saturated rings. The van der Waals surface area contributed by atoms with Gasteiger partial charge in [-0.1, -0.05) is 19.1 Å². The number of benzene rings is 1. The van der Waals surface area contributed by atoms with Crippen LogP contribution in [0, 0.1) is 5.82 Å². The third-order valence-corrected chi connectivity index (χ3v) is 2.88. The molecule has 0 bridgehead atoms. The Bertz CT molecular complexity index is 406. The summed E-state index contributed by atoms with van der Waals surface area (Å²) in [6.45, 7) is 3.96. The van der Waals surface area contributed by atoms with E-state index in [2.05, 4.69) is 5.32 Å². The number of nitrogens with one attached hydrogen (secondary N) is 1. The zero-order valence-corrected chi connectivity index (χ0v) is 10.7. The van der Waals surface area contributed by atoms with Gasteiger partial charge in [-0.25, -0.2) is 4.39 Å². The van der Waals surface area contributed by atoms with Gasteiger partial charge in [0.05, 0.1) is 11.3 Å². The number of para-hydroxylation sites is 1. The second-order valence-corrected chi connectivity index (χ2v) is 4.32. The van der Waals surface area contributed by atoms with E-state index in [1.165, 1.54) is 12.1 Å². The zero-order valence-electron chi connectivity index (χ0n) is 10.7.